The molecule has 1 aromatic heterocycles. The minimum atomic E-state index is 0.172. The van der Waals surface area contributed by atoms with E-state index >= 15 is 0 Å². The summed E-state index contributed by atoms with van der Waals surface area (Å²) in [7, 11) is 0. The molecule has 1 N–H and O–H groups in total. The van der Waals surface area contributed by atoms with Gasteiger partial charge in [-0.3, -0.25) is 0 Å². The largest absolute Gasteiger partial charge is 0.506 e. The van der Waals surface area contributed by atoms with E-state index in [2.05, 4.69) is 58.7 Å². The van der Waals surface area contributed by atoms with Crippen molar-refractivity contribution in [1.82, 2.24) is 15.0 Å². The monoisotopic (exact) mass is 383 g/mol. The van der Waals surface area contributed by atoms with E-state index in [9.17, 15) is 5.11 Å². The zero-order valence-electron chi connectivity index (χ0n) is 15.2. The lowest BCUT2D eigenvalue weighted by Crippen LogP contribution is -1.98. The molecule has 0 fully saturated rings. The second-order valence-corrected chi connectivity index (χ2v) is 7.89. The van der Waals surface area contributed by atoms with Gasteiger partial charge in [-0.1, -0.05) is 48.2 Å². The summed E-state index contributed by atoms with van der Waals surface area (Å²) in [5, 5.41) is 21.7. The van der Waals surface area contributed by atoms with Crippen LogP contribution < -0.4 is 0 Å². The Hall–Kier alpha value is -3.31. The predicted molar refractivity (Wildman–Crippen MR) is 113 cm³/mol. The molecule has 4 nitrogen and oxygen atoms in total. The smallest absolute Gasteiger partial charge is 0.143 e. The van der Waals surface area contributed by atoms with Gasteiger partial charge in [0.25, 0.3) is 0 Å². The molecule has 0 spiro atoms. The van der Waals surface area contributed by atoms with Gasteiger partial charge in [-0.2, -0.15) is 0 Å². The number of rotatable bonds is 3. The predicted octanol–water partition coefficient (Wildman–Crippen LogP) is 5.74. The van der Waals surface area contributed by atoms with Crippen LogP contribution in [0.3, 0.4) is 0 Å². The molecule has 1 heterocycles. The van der Waals surface area contributed by atoms with E-state index in [4.69, 9.17) is 0 Å². The van der Waals surface area contributed by atoms with Crippen LogP contribution in [0.5, 0.6) is 5.75 Å². The van der Waals surface area contributed by atoms with Crippen molar-refractivity contribution in [3.8, 4) is 11.4 Å². The third-order valence-electron chi connectivity index (χ3n) is 4.65. The quantitative estimate of drug-likeness (QED) is 0.432. The van der Waals surface area contributed by atoms with E-state index in [-0.39, 0.29) is 5.75 Å². The molecule has 5 aromatic rings. The Morgan fingerprint density at radius 2 is 1.50 bits per heavy atom. The van der Waals surface area contributed by atoms with E-state index in [1.807, 2.05) is 31.2 Å². The van der Waals surface area contributed by atoms with Crippen LogP contribution in [0.15, 0.2) is 88.7 Å². The molecule has 0 amide bonds. The number of hydrogen-bond acceptors (Lipinski definition) is 4. The van der Waals surface area contributed by atoms with Crippen molar-refractivity contribution in [3.05, 3.63) is 84.4 Å². The number of hydrogen-bond donors (Lipinski definition) is 1. The minimum absolute atomic E-state index is 0.172. The number of nitrogens with zero attached hydrogens (tertiary/aromatic N) is 3. The average Bonchev–Trinajstić information content (AvgIpc) is 3.11. The Kier molecular flexibility index (Phi) is 4.02. The average molecular weight is 383 g/mol. The van der Waals surface area contributed by atoms with Crippen molar-refractivity contribution in [2.75, 3.05) is 0 Å². The Morgan fingerprint density at radius 3 is 2.36 bits per heavy atom. The maximum Gasteiger partial charge on any atom is 0.143 e. The first-order chi connectivity index (χ1) is 13.7. The molecular formula is C23H17N3OS. The molecule has 0 bridgehead atoms. The van der Waals surface area contributed by atoms with Crippen LogP contribution in [-0.4, -0.2) is 20.1 Å². The first kappa shape index (κ1) is 16.8. The topological polar surface area (TPSA) is 50.9 Å². The van der Waals surface area contributed by atoms with Gasteiger partial charge < -0.3 is 5.11 Å². The molecular weight excluding hydrogens is 366 g/mol. The van der Waals surface area contributed by atoms with Gasteiger partial charge in [-0.25, -0.2) is 0 Å². The molecule has 0 saturated carbocycles. The third-order valence-corrected chi connectivity index (χ3v) is 5.63. The summed E-state index contributed by atoms with van der Waals surface area (Å²) in [6, 6.07) is 26.4. The number of aromatic hydroxyl groups is 1. The lowest BCUT2D eigenvalue weighted by Gasteiger charge is -2.03. The highest BCUT2D eigenvalue weighted by molar-refractivity contribution is 7.99. The molecule has 0 unspecified atom stereocenters. The summed E-state index contributed by atoms with van der Waals surface area (Å²) in [6.07, 6.45) is 0. The second-order valence-electron chi connectivity index (χ2n) is 6.74. The van der Waals surface area contributed by atoms with Crippen LogP contribution in [0.1, 0.15) is 5.56 Å². The van der Waals surface area contributed by atoms with Gasteiger partial charge in [0.05, 0.1) is 0 Å². The minimum Gasteiger partial charge on any atom is -0.506 e. The first-order valence-electron chi connectivity index (χ1n) is 8.99. The van der Waals surface area contributed by atoms with Gasteiger partial charge in [0.1, 0.15) is 22.5 Å². The molecule has 0 aliphatic heterocycles. The normalized spacial score (nSPS) is 11.3. The van der Waals surface area contributed by atoms with Crippen LogP contribution in [0.4, 0.5) is 0 Å². The van der Waals surface area contributed by atoms with Crippen LogP contribution >= 0.6 is 11.8 Å². The van der Waals surface area contributed by atoms with Crippen LogP contribution in [-0.2, 0) is 0 Å². The Bertz CT molecular complexity index is 1330. The van der Waals surface area contributed by atoms with E-state index in [1.54, 1.807) is 17.8 Å². The third kappa shape index (κ3) is 3.10. The highest BCUT2D eigenvalue weighted by Gasteiger charge is 2.10. The van der Waals surface area contributed by atoms with Crippen molar-refractivity contribution in [2.24, 2.45) is 0 Å². The summed E-state index contributed by atoms with van der Waals surface area (Å²) in [5.41, 5.74) is 3.16. The number of aromatic nitrogens is 3. The number of benzene rings is 4. The maximum absolute atomic E-state index is 10.2. The molecule has 5 rings (SSSR count). The Balaban J connectivity index is 1.49. The van der Waals surface area contributed by atoms with Gasteiger partial charge in [-0.15, -0.1) is 15.0 Å². The molecule has 4 aromatic carbocycles. The molecule has 28 heavy (non-hydrogen) atoms. The number of phenols is 1. The molecule has 0 atom stereocenters. The van der Waals surface area contributed by atoms with Gasteiger partial charge in [0, 0.05) is 9.79 Å². The molecule has 0 aliphatic carbocycles. The van der Waals surface area contributed by atoms with Gasteiger partial charge in [-0.05, 0) is 65.7 Å². The van der Waals surface area contributed by atoms with Crippen LogP contribution in [0.25, 0.3) is 27.5 Å². The zero-order chi connectivity index (χ0) is 19.1. The standard InChI is InChI=1S/C23H17N3OS/c1-15-6-11-22(23(27)12-15)26-24-20-10-9-19(14-21(20)25-26)28-18-8-7-16-4-2-3-5-17(16)13-18/h2-14,27H,1H3. The van der Waals surface area contributed by atoms with Crippen molar-refractivity contribution in [3.63, 3.8) is 0 Å². The molecule has 0 saturated heterocycles. The van der Waals surface area contributed by atoms with Crippen molar-refractivity contribution in [1.29, 1.82) is 0 Å². The summed E-state index contributed by atoms with van der Waals surface area (Å²) < 4.78 is 0. The SMILES string of the molecule is Cc1ccc(-n2nc3ccc(Sc4ccc5ccccc5c4)cc3n2)c(O)c1. The van der Waals surface area contributed by atoms with Gasteiger partial charge in [0.15, 0.2) is 0 Å². The highest BCUT2D eigenvalue weighted by Crippen LogP contribution is 2.32. The summed E-state index contributed by atoms with van der Waals surface area (Å²) >= 11 is 1.70. The van der Waals surface area contributed by atoms with Crippen molar-refractivity contribution < 1.29 is 5.11 Å². The van der Waals surface area contributed by atoms with Crippen molar-refractivity contribution >= 4 is 33.6 Å². The first-order valence-corrected chi connectivity index (χ1v) is 9.81. The van der Waals surface area contributed by atoms with E-state index < -0.39 is 0 Å². The molecule has 5 heteroatoms. The lowest BCUT2D eigenvalue weighted by atomic mass is 10.1. The number of aryl methyl sites for hydroxylation is 1. The fourth-order valence-corrected chi connectivity index (χ4v) is 4.14. The van der Waals surface area contributed by atoms with Crippen LogP contribution in [0.2, 0.25) is 0 Å². The number of fused-ring (bicyclic) bond motifs is 2. The summed E-state index contributed by atoms with van der Waals surface area (Å²) in [5.74, 6) is 0.172. The van der Waals surface area contributed by atoms with Crippen LogP contribution in [0, 0.1) is 6.92 Å². The van der Waals surface area contributed by atoms with Gasteiger partial charge in [0.2, 0.25) is 0 Å². The molecule has 0 aliphatic rings. The van der Waals surface area contributed by atoms with E-state index in [0.717, 1.165) is 21.5 Å². The molecule has 136 valence electrons. The highest BCUT2D eigenvalue weighted by atomic mass is 32.2. The fraction of sp³-hybridized carbons (Fsp3) is 0.0435. The van der Waals surface area contributed by atoms with E-state index in [0.29, 0.717) is 5.69 Å². The van der Waals surface area contributed by atoms with Crippen molar-refractivity contribution in [2.45, 2.75) is 16.7 Å². The second kappa shape index (κ2) is 6.69. The summed E-state index contributed by atoms with van der Waals surface area (Å²) in [4.78, 5) is 3.77. The summed E-state index contributed by atoms with van der Waals surface area (Å²) in [6.45, 7) is 1.94. The maximum atomic E-state index is 10.2. The Morgan fingerprint density at radius 1 is 0.750 bits per heavy atom. The lowest BCUT2D eigenvalue weighted by molar-refractivity contribution is 0.467. The fourth-order valence-electron chi connectivity index (χ4n) is 3.24. The Labute approximate surface area is 166 Å². The molecule has 0 radical (unpaired) electrons. The zero-order valence-corrected chi connectivity index (χ0v) is 16.0. The number of phenolic OH excluding ortho intramolecular Hbond substituents is 1. The van der Waals surface area contributed by atoms with E-state index in [1.165, 1.54) is 20.5 Å². The van der Waals surface area contributed by atoms with Gasteiger partial charge >= 0.3 is 0 Å².